The van der Waals surface area contributed by atoms with Gasteiger partial charge in [0.05, 0.1) is 11.2 Å². The van der Waals surface area contributed by atoms with Crippen LogP contribution in [0.15, 0.2) is 17.1 Å². The first-order valence-corrected chi connectivity index (χ1v) is 8.50. The maximum Gasteiger partial charge on any atom is 0.341 e. The number of rotatable bonds is 2. The Balaban J connectivity index is 0.00000196. The number of nitrogens with one attached hydrogen (secondary N) is 1. The molecule has 0 aliphatic carbocycles. The van der Waals surface area contributed by atoms with Gasteiger partial charge in [0.15, 0.2) is 0 Å². The molecule has 2 aliphatic rings. The molecule has 0 bridgehead atoms. The Hall–Kier alpha value is -2.12. The van der Waals surface area contributed by atoms with Crippen molar-refractivity contribution in [2.75, 3.05) is 24.5 Å². The summed E-state index contributed by atoms with van der Waals surface area (Å²) in [6, 6.07) is 1.45. The molecule has 140 valence electrons. The van der Waals surface area contributed by atoms with Gasteiger partial charge in [-0.25, -0.2) is 9.18 Å². The maximum atomic E-state index is 15.0. The summed E-state index contributed by atoms with van der Waals surface area (Å²) < 4.78 is 16.8. The van der Waals surface area contributed by atoms with E-state index in [0.717, 1.165) is 12.1 Å². The van der Waals surface area contributed by atoms with Crippen molar-refractivity contribution in [1.29, 1.82) is 0 Å². The molecule has 26 heavy (non-hydrogen) atoms. The molecule has 3 heterocycles. The molecule has 1 aromatic heterocycles. The molecule has 1 aromatic carbocycles. The maximum absolute atomic E-state index is 15.0. The summed E-state index contributed by atoms with van der Waals surface area (Å²) in [4.78, 5) is 25.9. The van der Waals surface area contributed by atoms with E-state index in [4.69, 9.17) is 0 Å². The second kappa shape index (κ2) is 6.55. The zero-order chi connectivity index (χ0) is 17.9. The number of benzene rings is 1. The van der Waals surface area contributed by atoms with Crippen LogP contribution >= 0.6 is 12.4 Å². The molecule has 4 rings (SSSR count). The fraction of sp³-hybridized carbons (Fsp3) is 0.444. The van der Waals surface area contributed by atoms with Crippen molar-refractivity contribution < 1.29 is 14.3 Å². The van der Waals surface area contributed by atoms with Gasteiger partial charge in [0.1, 0.15) is 11.4 Å². The summed E-state index contributed by atoms with van der Waals surface area (Å²) in [5.41, 5.74) is 1.11. The topological polar surface area (TPSA) is 74.6 Å². The van der Waals surface area contributed by atoms with Gasteiger partial charge in [-0.15, -0.1) is 12.4 Å². The van der Waals surface area contributed by atoms with Crippen LogP contribution in [0.25, 0.3) is 10.9 Å². The van der Waals surface area contributed by atoms with Crippen molar-refractivity contribution in [2.24, 2.45) is 0 Å². The number of carboxylic acids is 1. The number of carbonyl (C=O) groups is 1. The molecular weight excluding hydrogens is 361 g/mol. The lowest BCUT2D eigenvalue weighted by Crippen LogP contribution is -2.49. The van der Waals surface area contributed by atoms with Gasteiger partial charge in [0, 0.05) is 48.9 Å². The van der Waals surface area contributed by atoms with Crippen molar-refractivity contribution in [3.05, 3.63) is 39.4 Å². The number of hydrogen-bond donors (Lipinski definition) is 2. The van der Waals surface area contributed by atoms with Gasteiger partial charge in [-0.05, 0) is 26.3 Å². The minimum Gasteiger partial charge on any atom is -0.477 e. The summed E-state index contributed by atoms with van der Waals surface area (Å²) in [6.45, 7) is 6.19. The van der Waals surface area contributed by atoms with Crippen molar-refractivity contribution in [3.63, 3.8) is 0 Å². The number of hydrogen-bond acceptors (Lipinski definition) is 4. The number of aromatic carboxylic acids is 1. The van der Waals surface area contributed by atoms with Crippen molar-refractivity contribution in [1.82, 2.24) is 9.88 Å². The van der Waals surface area contributed by atoms with Gasteiger partial charge in [-0.2, -0.15) is 0 Å². The molecule has 0 amide bonds. The molecule has 1 fully saturated rings. The molecule has 2 aliphatic heterocycles. The highest BCUT2D eigenvalue weighted by molar-refractivity contribution is 5.96. The predicted octanol–water partition coefficient (Wildman–Crippen LogP) is 2.18. The van der Waals surface area contributed by atoms with Crippen LogP contribution in [0.2, 0.25) is 0 Å². The van der Waals surface area contributed by atoms with Crippen LogP contribution in [-0.4, -0.2) is 41.3 Å². The Morgan fingerprint density at radius 2 is 2.12 bits per heavy atom. The largest absolute Gasteiger partial charge is 0.477 e. The number of carboxylic acid groups (broad SMARTS) is 1. The second-order valence-electron chi connectivity index (χ2n) is 7.02. The number of piperazine rings is 1. The summed E-state index contributed by atoms with van der Waals surface area (Å²) in [5.74, 6) is -1.73. The molecule has 2 N–H and O–H groups in total. The van der Waals surface area contributed by atoms with E-state index in [-0.39, 0.29) is 35.4 Å². The van der Waals surface area contributed by atoms with Gasteiger partial charge in [-0.1, -0.05) is 0 Å². The lowest BCUT2D eigenvalue weighted by atomic mass is 10.0. The Kier molecular flexibility index (Phi) is 4.71. The van der Waals surface area contributed by atoms with Gasteiger partial charge in [0.25, 0.3) is 0 Å². The summed E-state index contributed by atoms with van der Waals surface area (Å²) >= 11 is 0. The molecule has 0 unspecified atom stereocenters. The van der Waals surface area contributed by atoms with Gasteiger partial charge >= 0.3 is 5.97 Å². The Morgan fingerprint density at radius 1 is 1.38 bits per heavy atom. The number of halogens is 2. The van der Waals surface area contributed by atoms with Gasteiger partial charge in [-0.3, -0.25) is 4.79 Å². The molecular formula is C18H21ClFN3O3. The van der Waals surface area contributed by atoms with E-state index in [0.29, 0.717) is 30.7 Å². The van der Waals surface area contributed by atoms with E-state index in [1.807, 2.05) is 16.4 Å². The van der Waals surface area contributed by atoms with Gasteiger partial charge < -0.3 is 19.9 Å². The van der Waals surface area contributed by atoms with Crippen LogP contribution in [0.5, 0.6) is 0 Å². The first-order valence-electron chi connectivity index (χ1n) is 8.50. The van der Waals surface area contributed by atoms with Crippen LogP contribution in [0.4, 0.5) is 10.1 Å². The Morgan fingerprint density at radius 3 is 2.77 bits per heavy atom. The minimum atomic E-state index is -1.28. The number of anilines is 1. The Bertz CT molecular complexity index is 959. The highest BCUT2D eigenvalue weighted by atomic mass is 35.5. The third kappa shape index (κ3) is 2.66. The standard InChI is InChI=1S/C18H20FN3O3.ClH/c1-9-7-21(4-3-20-9)16-11-5-10(2)22-8-13(18(24)25)17(23)12(15(11)22)6-14(16)19;/h6,8-10,20H,3-5,7H2,1-2H3,(H,24,25);1H/t9-,10-;/m0./s1. The molecule has 0 radical (unpaired) electrons. The SMILES string of the molecule is C[C@H]1CN(c2c(F)cc3c(=O)c(C(=O)O)cn4c3c2C[C@@H]4C)CCN1.Cl. The zero-order valence-corrected chi connectivity index (χ0v) is 15.4. The fourth-order valence-corrected chi connectivity index (χ4v) is 4.12. The molecule has 0 saturated carbocycles. The summed E-state index contributed by atoms with van der Waals surface area (Å²) in [6.07, 6.45) is 1.99. The van der Waals surface area contributed by atoms with E-state index in [9.17, 15) is 19.1 Å². The van der Waals surface area contributed by atoms with Crippen LogP contribution < -0.4 is 15.6 Å². The summed E-state index contributed by atoms with van der Waals surface area (Å²) in [5, 5.41) is 12.8. The average molecular weight is 382 g/mol. The number of pyridine rings is 1. The lowest BCUT2D eigenvalue weighted by molar-refractivity contribution is 0.0694. The van der Waals surface area contributed by atoms with E-state index in [2.05, 4.69) is 12.2 Å². The van der Waals surface area contributed by atoms with E-state index in [1.165, 1.54) is 12.3 Å². The minimum absolute atomic E-state index is 0. The molecule has 8 heteroatoms. The van der Waals surface area contributed by atoms with E-state index >= 15 is 0 Å². The first kappa shape index (κ1) is 18.7. The number of aromatic nitrogens is 1. The smallest absolute Gasteiger partial charge is 0.341 e. The van der Waals surface area contributed by atoms with Crippen LogP contribution in [0.3, 0.4) is 0 Å². The average Bonchev–Trinajstić information content (AvgIpc) is 2.87. The molecule has 2 aromatic rings. The van der Waals surface area contributed by atoms with Crippen molar-refractivity contribution in [2.45, 2.75) is 32.4 Å². The summed E-state index contributed by atoms with van der Waals surface area (Å²) in [7, 11) is 0. The highest BCUT2D eigenvalue weighted by Crippen LogP contribution is 2.39. The third-order valence-electron chi connectivity index (χ3n) is 5.23. The third-order valence-corrected chi connectivity index (χ3v) is 5.23. The zero-order valence-electron chi connectivity index (χ0n) is 14.6. The lowest BCUT2D eigenvalue weighted by Gasteiger charge is -2.35. The quantitative estimate of drug-likeness (QED) is 0.834. The van der Waals surface area contributed by atoms with Crippen LogP contribution in [0, 0.1) is 5.82 Å². The van der Waals surface area contributed by atoms with Crippen molar-refractivity contribution in [3.8, 4) is 0 Å². The molecule has 6 nitrogen and oxygen atoms in total. The first-order chi connectivity index (χ1) is 11.9. The predicted molar refractivity (Wildman–Crippen MR) is 100 cm³/mol. The van der Waals surface area contributed by atoms with Crippen LogP contribution in [0.1, 0.15) is 35.8 Å². The molecule has 0 spiro atoms. The normalized spacial score (nSPS) is 21.7. The highest BCUT2D eigenvalue weighted by Gasteiger charge is 2.31. The molecule has 2 atom stereocenters. The van der Waals surface area contributed by atoms with E-state index < -0.39 is 17.2 Å². The number of nitrogens with zero attached hydrogens (tertiary/aromatic N) is 2. The molecule has 1 saturated heterocycles. The second-order valence-corrected chi connectivity index (χ2v) is 7.02. The van der Waals surface area contributed by atoms with E-state index in [1.54, 1.807) is 0 Å². The van der Waals surface area contributed by atoms with Crippen molar-refractivity contribution >= 4 is 35.0 Å². The Labute approximate surface area is 156 Å². The fourth-order valence-electron chi connectivity index (χ4n) is 4.12. The van der Waals surface area contributed by atoms with Crippen LogP contribution in [-0.2, 0) is 6.42 Å². The monoisotopic (exact) mass is 381 g/mol. The van der Waals surface area contributed by atoms with Gasteiger partial charge in [0.2, 0.25) is 5.43 Å².